The minimum absolute atomic E-state index is 0.446. The van der Waals surface area contributed by atoms with Gasteiger partial charge < -0.3 is 20.3 Å². The van der Waals surface area contributed by atoms with E-state index >= 15 is 0 Å². The molecule has 0 aliphatic rings. The van der Waals surface area contributed by atoms with Gasteiger partial charge in [0.2, 0.25) is 0 Å². The molecule has 0 bridgehead atoms. The summed E-state index contributed by atoms with van der Waals surface area (Å²) in [5.74, 6) is 0.661. The Balaban J connectivity index is 2.20. The molecule has 106 valence electrons. The Morgan fingerprint density at radius 1 is 1.05 bits per heavy atom. The molecule has 2 rings (SSSR count). The third kappa shape index (κ3) is 3.50. The van der Waals surface area contributed by atoms with Crippen molar-refractivity contribution in [1.29, 1.82) is 0 Å². The molecular weight excluding hydrogens is 254 g/mol. The first-order valence-electron chi connectivity index (χ1n) is 6.46. The third-order valence-corrected chi connectivity index (χ3v) is 3.01. The van der Waals surface area contributed by atoms with E-state index in [-0.39, 0.29) is 0 Å². The molecule has 4 heteroatoms. The van der Waals surface area contributed by atoms with E-state index in [1.165, 1.54) is 0 Å². The minimum Gasteiger partial charge on any atom is -0.491 e. The maximum Gasteiger partial charge on any atom is 0.125 e. The van der Waals surface area contributed by atoms with Gasteiger partial charge in [-0.15, -0.1) is 0 Å². The number of hydrogen-bond donors (Lipinski definition) is 2. The van der Waals surface area contributed by atoms with Crippen LogP contribution in [-0.2, 0) is 4.74 Å². The summed E-state index contributed by atoms with van der Waals surface area (Å²) in [5, 5.41) is 10.5. The van der Waals surface area contributed by atoms with Gasteiger partial charge in [-0.3, -0.25) is 0 Å². The highest BCUT2D eigenvalue weighted by Crippen LogP contribution is 2.30. The summed E-state index contributed by atoms with van der Waals surface area (Å²) in [6, 6.07) is 14.6. The van der Waals surface area contributed by atoms with Crippen LogP contribution < -0.4 is 10.5 Å². The summed E-state index contributed by atoms with van der Waals surface area (Å²) >= 11 is 0. The monoisotopic (exact) mass is 273 g/mol. The predicted molar refractivity (Wildman–Crippen MR) is 78.7 cm³/mol. The predicted octanol–water partition coefficient (Wildman–Crippen LogP) is 2.38. The Kier molecular flexibility index (Phi) is 4.98. The summed E-state index contributed by atoms with van der Waals surface area (Å²) < 4.78 is 10.6. The number of rotatable bonds is 6. The number of nitrogen functional groups attached to an aromatic ring is 1. The lowest BCUT2D eigenvalue weighted by Crippen LogP contribution is -2.08. The third-order valence-electron chi connectivity index (χ3n) is 3.01. The zero-order valence-corrected chi connectivity index (χ0v) is 11.5. The van der Waals surface area contributed by atoms with Crippen molar-refractivity contribution in [3.05, 3.63) is 59.7 Å². The molecule has 3 N–H and O–H groups in total. The van der Waals surface area contributed by atoms with Crippen molar-refractivity contribution in [3.63, 3.8) is 0 Å². The van der Waals surface area contributed by atoms with Gasteiger partial charge in [0.15, 0.2) is 0 Å². The van der Waals surface area contributed by atoms with Crippen molar-refractivity contribution in [1.82, 2.24) is 0 Å². The maximum absolute atomic E-state index is 10.5. The molecule has 20 heavy (non-hydrogen) atoms. The van der Waals surface area contributed by atoms with Crippen molar-refractivity contribution in [2.24, 2.45) is 0 Å². The molecule has 0 aromatic heterocycles. The molecule has 0 radical (unpaired) electrons. The molecule has 0 aliphatic heterocycles. The number of nitrogens with two attached hydrogens (primary N) is 1. The summed E-state index contributed by atoms with van der Waals surface area (Å²) in [5.41, 5.74) is 7.84. The number of para-hydroxylation sites is 1. The number of anilines is 1. The van der Waals surface area contributed by atoms with Gasteiger partial charge >= 0.3 is 0 Å². The molecule has 0 saturated heterocycles. The molecule has 2 aromatic rings. The van der Waals surface area contributed by atoms with Crippen molar-refractivity contribution in [2.75, 3.05) is 26.1 Å². The molecule has 1 unspecified atom stereocenters. The second kappa shape index (κ2) is 6.93. The number of benzene rings is 2. The van der Waals surface area contributed by atoms with Crippen molar-refractivity contribution >= 4 is 5.69 Å². The van der Waals surface area contributed by atoms with Crippen LogP contribution in [0.15, 0.2) is 48.5 Å². The highest BCUT2D eigenvalue weighted by molar-refractivity contribution is 5.44. The molecule has 1 atom stereocenters. The number of aliphatic hydroxyl groups excluding tert-OH is 1. The van der Waals surface area contributed by atoms with Crippen LogP contribution in [0.3, 0.4) is 0 Å². The fourth-order valence-corrected chi connectivity index (χ4v) is 1.93. The summed E-state index contributed by atoms with van der Waals surface area (Å²) in [4.78, 5) is 0. The molecular formula is C16H19NO3. The Hall–Kier alpha value is -2.04. The van der Waals surface area contributed by atoms with Gasteiger partial charge in [0.25, 0.3) is 0 Å². The quantitative estimate of drug-likeness (QED) is 0.626. The first kappa shape index (κ1) is 14.4. The fraction of sp³-hybridized carbons (Fsp3) is 0.250. The van der Waals surface area contributed by atoms with E-state index in [2.05, 4.69) is 0 Å². The van der Waals surface area contributed by atoms with Crippen LogP contribution in [-0.4, -0.2) is 25.4 Å². The molecule has 0 aliphatic carbocycles. The van der Waals surface area contributed by atoms with E-state index < -0.39 is 6.10 Å². The van der Waals surface area contributed by atoms with Crippen LogP contribution in [0.4, 0.5) is 5.69 Å². The Labute approximate surface area is 118 Å². The molecule has 2 aromatic carbocycles. The standard InChI is InChI=1S/C16H19NO3/c1-19-10-11-20-15-5-3-2-4-14(15)16(18)12-6-8-13(17)9-7-12/h2-9,16,18H,10-11,17H2,1H3. The highest BCUT2D eigenvalue weighted by Gasteiger charge is 2.15. The average molecular weight is 273 g/mol. The van der Waals surface area contributed by atoms with E-state index in [4.69, 9.17) is 15.2 Å². The van der Waals surface area contributed by atoms with Crippen molar-refractivity contribution < 1.29 is 14.6 Å². The zero-order chi connectivity index (χ0) is 14.4. The maximum atomic E-state index is 10.5. The topological polar surface area (TPSA) is 64.7 Å². The molecule has 0 spiro atoms. The minimum atomic E-state index is -0.741. The second-order valence-corrected chi connectivity index (χ2v) is 4.45. The number of hydrogen-bond acceptors (Lipinski definition) is 4. The number of ether oxygens (including phenoxy) is 2. The Morgan fingerprint density at radius 2 is 1.75 bits per heavy atom. The van der Waals surface area contributed by atoms with Gasteiger partial charge in [0.1, 0.15) is 18.5 Å². The van der Waals surface area contributed by atoms with E-state index in [0.717, 1.165) is 11.1 Å². The van der Waals surface area contributed by atoms with Crippen molar-refractivity contribution in [2.45, 2.75) is 6.10 Å². The van der Waals surface area contributed by atoms with E-state index in [9.17, 15) is 5.11 Å². The average Bonchev–Trinajstić information content (AvgIpc) is 2.48. The van der Waals surface area contributed by atoms with Crippen LogP contribution in [0.1, 0.15) is 17.2 Å². The van der Waals surface area contributed by atoms with Gasteiger partial charge in [-0.05, 0) is 23.8 Å². The van der Waals surface area contributed by atoms with E-state index in [0.29, 0.717) is 24.7 Å². The van der Waals surface area contributed by atoms with E-state index in [1.54, 1.807) is 19.2 Å². The smallest absolute Gasteiger partial charge is 0.125 e. The number of aliphatic hydroxyl groups is 1. The van der Waals surface area contributed by atoms with E-state index in [1.807, 2.05) is 36.4 Å². The Morgan fingerprint density at radius 3 is 2.45 bits per heavy atom. The lowest BCUT2D eigenvalue weighted by molar-refractivity contribution is 0.142. The summed E-state index contributed by atoms with van der Waals surface area (Å²) in [7, 11) is 1.62. The van der Waals surface area contributed by atoms with Crippen molar-refractivity contribution in [3.8, 4) is 5.75 Å². The van der Waals surface area contributed by atoms with Crippen LogP contribution >= 0.6 is 0 Å². The molecule has 0 fully saturated rings. The largest absolute Gasteiger partial charge is 0.491 e. The van der Waals surface area contributed by atoms with Gasteiger partial charge in [0, 0.05) is 18.4 Å². The Bertz CT molecular complexity index is 540. The SMILES string of the molecule is COCCOc1ccccc1C(O)c1ccc(N)cc1. The first-order chi connectivity index (χ1) is 9.72. The normalized spacial score (nSPS) is 12.1. The summed E-state index contributed by atoms with van der Waals surface area (Å²) in [6.07, 6.45) is -0.741. The lowest BCUT2D eigenvalue weighted by Gasteiger charge is -2.16. The van der Waals surface area contributed by atoms with Crippen LogP contribution in [0, 0.1) is 0 Å². The zero-order valence-electron chi connectivity index (χ0n) is 11.5. The van der Waals surface area contributed by atoms with Crippen LogP contribution in [0.25, 0.3) is 0 Å². The lowest BCUT2D eigenvalue weighted by atomic mass is 10.0. The van der Waals surface area contributed by atoms with Gasteiger partial charge in [-0.1, -0.05) is 30.3 Å². The highest BCUT2D eigenvalue weighted by atomic mass is 16.5. The van der Waals surface area contributed by atoms with Gasteiger partial charge in [-0.25, -0.2) is 0 Å². The molecule has 0 heterocycles. The van der Waals surface area contributed by atoms with Gasteiger partial charge in [0.05, 0.1) is 6.61 Å². The van der Waals surface area contributed by atoms with Crippen LogP contribution in [0.2, 0.25) is 0 Å². The molecule has 0 saturated carbocycles. The second-order valence-electron chi connectivity index (χ2n) is 4.45. The molecule has 0 amide bonds. The summed E-state index contributed by atoms with van der Waals surface area (Å²) in [6.45, 7) is 0.953. The van der Waals surface area contributed by atoms with Gasteiger partial charge in [-0.2, -0.15) is 0 Å². The fourth-order valence-electron chi connectivity index (χ4n) is 1.93. The molecule has 4 nitrogen and oxygen atoms in total. The number of methoxy groups -OCH3 is 1. The van der Waals surface area contributed by atoms with Crippen LogP contribution in [0.5, 0.6) is 5.75 Å². The first-order valence-corrected chi connectivity index (χ1v) is 6.46.